The van der Waals surface area contributed by atoms with E-state index in [2.05, 4.69) is 29.7 Å². The summed E-state index contributed by atoms with van der Waals surface area (Å²) in [7, 11) is 1.85. The lowest BCUT2D eigenvalue weighted by atomic mass is 10.0. The molecule has 9 nitrogen and oxygen atoms in total. The Balaban J connectivity index is 1.43. The van der Waals surface area contributed by atoms with Crippen LogP contribution in [0.1, 0.15) is 55.7 Å². The van der Waals surface area contributed by atoms with Crippen LogP contribution >= 0.6 is 0 Å². The number of aryl methyl sites for hydroxylation is 1. The smallest absolute Gasteiger partial charge is 0.293 e. The highest BCUT2D eigenvalue weighted by Gasteiger charge is 2.38. The average molecular weight is 542 g/mol. The average Bonchev–Trinajstić information content (AvgIpc) is 3.67. The molecule has 9 heteroatoms. The van der Waals surface area contributed by atoms with E-state index < -0.39 is 0 Å². The largest absolute Gasteiger partial charge is 0.355 e. The number of hydrogen-bond acceptors (Lipinski definition) is 6. The van der Waals surface area contributed by atoms with Crippen molar-refractivity contribution in [1.29, 1.82) is 0 Å². The van der Waals surface area contributed by atoms with Crippen LogP contribution < -0.4 is 9.80 Å². The third-order valence-corrected chi connectivity index (χ3v) is 8.88. The number of hydrogen-bond donors (Lipinski definition) is 0. The van der Waals surface area contributed by atoms with Gasteiger partial charge in [-0.05, 0) is 63.6 Å². The molecule has 3 heterocycles. The van der Waals surface area contributed by atoms with Gasteiger partial charge in [-0.3, -0.25) is 9.59 Å². The minimum atomic E-state index is -0.232. The van der Waals surface area contributed by atoms with Gasteiger partial charge in [-0.2, -0.15) is 0 Å². The molecule has 1 aromatic heterocycles. The lowest BCUT2D eigenvalue weighted by Gasteiger charge is -2.43. The van der Waals surface area contributed by atoms with Crippen LogP contribution in [0, 0.1) is 6.92 Å². The van der Waals surface area contributed by atoms with Crippen molar-refractivity contribution in [3.63, 3.8) is 0 Å². The maximum atomic E-state index is 13.6. The molecule has 3 aliphatic rings. The van der Waals surface area contributed by atoms with Crippen molar-refractivity contribution < 1.29 is 9.59 Å². The molecule has 2 aromatic carbocycles. The topological polar surface area (TPSA) is 77.8 Å². The fourth-order valence-corrected chi connectivity index (χ4v) is 6.44. The molecular formula is C31H39N7O2. The van der Waals surface area contributed by atoms with Crippen LogP contribution in [0.25, 0.3) is 17.1 Å². The van der Waals surface area contributed by atoms with E-state index in [1.165, 1.54) is 12.8 Å². The second kappa shape index (κ2) is 10.7. The molecule has 1 atom stereocenters. The van der Waals surface area contributed by atoms with E-state index in [0.717, 1.165) is 60.7 Å². The van der Waals surface area contributed by atoms with E-state index in [1.807, 2.05) is 55.3 Å². The van der Waals surface area contributed by atoms with Gasteiger partial charge in [0.15, 0.2) is 5.82 Å². The Morgan fingerprint density at radius 3 is 2.35 bits per heavy atom. The van der Waals surface area contributed by atoms with Crippen molar-refractivity contribution in [2.24, 2.45) is 0 Å². The van der Waals surface area contributed by atoms with Crippen LogP contribution in [-0.4, -0.2) is 88.2 Å². The summed E-state index contributed by atoms with van der Waals surface area (Å²) in [5, 5.41) is 4.77. The van der Waals surface area contributed by atoms with Crippen molar-refractivity contribution in [3.05, 3.63) is 53.9 Å². The Morgan fingerprint density at radius 2 is 1.68 bits per heavy atom. The highest BCUT2D eigenvalue weighted by Crippen LogP contribution is 2.42. The second-order valence-corrected chi connectivity index (χ2v) is 11.4. The van der Waals surface area contributed by atoms with Gasteiger partial charge >= 0.3 is 0 Å². The Hall–Kier alpha value is -3.72. The second-order valence-electron chi connectivity index (χ2n) is 11.4. The normalized spacial score (nSPS) is 20.4. The first kappa shape index (κ1) is 26.5. The van der Waals surface area contributed by atoms with Crippen molar-refractivity contribution in [3.8, 4) is 17.1 Å². The van der Waals surface area contributed by atoms with Gasteiger partial charge in [-0.1, -0.05) is 37.5 Å². The zero-order chi connectivity index (χ0) is 28.0. The first-order valence-corrected chi connectivity index (χ1v) is 14.6. The van der Waals surface area contributed by atoms with E-state index in [0.29, 0.717) is 25.0 Å². The zero-order valence-electron chi connectivity index (χ0n) is 24.0. The predicted octanol–water partition coefficient (Wildman–Crippen LogP) is 4.13. The molecule has 2 fully saturated rings. The first-order chi connectivity index (χ1) is 19.4. The van der Waals surface area contributed by atoms with Crippen LogP contribution in [-0.2, 0) is 4.79 Å². The Bertz CT molecular complexity index is 1400. The number of benzene rings is 2. The number of carbonyl (C=O) groups is 2. The number of rotatable bonds is 5. The van der Waals surface area contributed by atoms with Gasteiger partial charge < -0.3 is 19.6 Å². The number of amides is 2. The molecule has 0 N–H and O–H groups in total. The quantitative estimate of drug-likeness (QED) is 0.483. The molecule has 1 aliphatic carbocycles. The Labute approximate surface area is 236 Å². The summed E-state index contributed by atoms with van der Waals surface area (Å²) in [6, 6.07) is 14.4. The zero-order valence-corrected chi connectivity index (χ0v) is 24.0. The van der Waals surface area contributed by atoms with Gasteiger partial charge in [0, 0.05) is 44.8 Å². The number of carbonyl (C=O) groups excluding carboxylic acids is 2. The van der Waals surface area contributed by atoms with E-state index in [-0.39, 0.29) is 23.7 Å². The summed E-state index contributed by atoms with van der Waals surface area (Å²) < 4.78 is 1.79. The van der Waals surface area contributed by atoms with E-state index >= 15 is 0 Å². The third-order valence-electron chi connectivity index (χ3n) is 8.88. The number of likely N-dealkylation sites (N-methyl/N-ethyl adjacent to an activating group) is 2. The molecule has 0 bridgehead atoms. The molecule has 0 unspecified atom stereocenters. The van der Waals surface area contributed by atoms with Gasteiger partial charge in [0.25, 0.3) is 5.91 Å². The molecule has 6 rings (SSSR count). The van der Waals surface area contributed by atoms with Crippen molar-refractivity contribution >= 4 is 23.2 Å². The summed E-state index contributed by atoms with van der Waals surface area (Å²) in [6.07, 6.45) is 4.56. The summed E-state index contributed by atoms with van der Waals surface area (Å²) in [6.45, 7) is 10.3. The number of anilines is 2. The molecular weight excluding hydrogens is 502 g/mol. The Kier molecular flexibility index (Phi) is 7.08. The molecule has 0 spiro atoms. The van der Waals surface area contributed by atoms with Crippen LogP contribution in [0.15, 0.2) is 42.5 Å². The molecule has 1 saturated heterocycles. The summed E-state index contributed by atoms with van der Waals surface area (Å²) >= 11 is 0. The molecule has 1 saturated carbocycles. The van der Waals surface area contributed by atoms with Crippen molar-refractivity contribution in [1.82, 2.24) is 24.6 Å². The molecule has 40 heavy (non-hydrogen) atoms. The number of nitrogens with zero attached hydrogens (tertiary/aromatic N) is 7. The molecule has 0 radical (unpaired) electrons. The lowest BCUT2D eigenvalue weighted by Crippen LogP contribution is -2.54. The molecule has 2 amide bonds. The van der Waals surface area contributed by atoms with Gasteiger partial charge in [0.2, 0.25) is 11.7 Å². The Morgan fingerprint density at radius 1 is 0.975 bits per heavy atom. The van der Waals surface area contributed by atoms with Gasteiger partial charge in [-0.15, -0.1) is 5.10 Å². The van der Waals surface area contributed by atoms with Crippen molar-refractivity contribution in [2.45, 2.75) is 58.5 Å². The predicted molar refractivity (Wildman–Crippen MR) is 157 cm³/mol. The maximum Gasteiger partial charge on any atom is 0.293 e. The number of piperazine rings is 1. The maximum absolute atomic E-state index is 13.6. The number of aromatic nitrogens is 3. The van der Waals surface area contributed by atoms with Crippen LogP contribution in [0.4, 0.5) is 11.4 Å². The molecule has 210 valence electrons. The molecule has 3 aromatic rings. The fourth-order valence-electron chi connectivity index (χ4n) is 6.44. The fraction of sp³-hybridized carbons (Fsp3) is 0.484. The minimum Gasteiger partial charge on any atom is -0.355 e. The minimum absolute atomic E-state index is 0.117. The standard InChI is InChI=1S/C31H39N7O2/c1-5-35-16-18-36(19-17-35)31(40)28-32-29(38(33-28)25-13-10-21(2)11-14-25)23-12-15-26-27(20-23)37(24-8-6-7-9-24)22(3)30(39)34(26)4/h10-15,20,22,24H,5-9,16-19H2,1-4H3/t22-/m1/s1. The van der Waals surface area contributed by atoms with Crippen LogP contribution in [0.3, 0.4) is 0 Å². The monoisotopic (exact) mass is 541 g/mol. The van der Waals surface area contributed by atoms with Gasteiger partial charge in [0.05, 0.1) is 17.1 Å². The van der Waals surface area contributed by atoms with Gasteiger partial charge in [0.1, 0.15) is 6.04 Å². The highest BCUT2D eigenvalue weighted by molar-refractivity contribution is 6.05. The first-order valence-electron chi connectivity index (χ1n) is 14.6. The highest BCUT2D eigenvalue weighted by atomic mass is 16.2. The van der Waals surface area contributed by atoms with Crippen LogP contribution in [0.5, 0.6) is 0 Å². The molecule has 2 aliphatic heterocycles. The number of fused-ring (bicyclic) bond motifs is 1. The summed E-state index contributed by atoms with van der Waals surface area (Å²) in [4.78, 5) is 39.9. The van der Waals surface area contributed by atoms with E-state index in [4.69, 9.17) is 10.1 Å². The summed E-state index contributed by atoms with van der Waals surface area (Å²) in [5.74, 6) is 0.825. The van der Waals surface area contributed by atoms with Gasteiger partial charge in [-0.25, -0.2) is 9.67 Å². The third kappa shape index (κ3) is 4.66. The lowest BCUT2D eigenvalue weighted by molar-refractivity contribution is -0.119. The van der Waals surface area contributed by atoms with Crippen LogP contribution in [0.2, 0.25) is 0 Å². The van der Waals surface area contributed by atoms with Crippen molar-refractivity contribution in [2.75, 3.05) is 49.6 Å². The van der Waals surface area contributed by atoms with E-state index in [9.17, 15) is 9.59 Å². The summed E-state index contributed by atoms with van der Waals surface area (Å²) in [5.41, 5.74) is 4.83. The SMILES string of the molecule is CCN1CCN(C(=O)c2nc(-c3ccc4c(c3)N(C3CCCC3)[C@H](C)C(=O)N4C)n(-c3ccc(C)cc3)n2)CC1. The van der Waals surface area contributed by atoms with E-state index in [1.54, 1.807) is 9.58 Å².